The van der Waals surface area contributed by atoms with E-state index in [0.29, 0.717) is 34.1 Å². The molecular weight excluding hydrogens is 910 g/mol. The van der Waals surface area contributed by atoms with Crippen LogP contribution in [0.5, 0.6) is 11.5 Å². The van der Waals surface area contributed by atoms with E-state index < -0.39 is 0 Å². The molecule has 0 fully saturated rings. The Labute approximate surface area is 352 Å². The van der Waals surface area contributed by atoms with Gasteiger partial charge in [-0.15, -0.1) is 17.5 Å². The normalized spacial score (nSPS) is 11.6. The van der Waals surface area contributed by atoms with E-state index in [1.807, 2.05) is 115 Å². The van der Waals surface area contributed by atoms with Crippen LogP contribution in [0.3, 0.4) is 0 Å². The van der Waals surface area contributed by atoms with Crippen molar-refractivity contribution in [1.82, 2.24) is 24.1 Å². The standard InChI is InChI=1S/C51H29N5O2.Pt/c1-3-15-32(16-4-1)48-50-47(38-20-7-9-21-41(38)53-48)39-29-35(30-40(49(39)58-50)51-54-42-22-10-12-24-44(42)55(51)33-17-5-2-6-18-33)57-34-26-27-37-36-19-8-11-23-43(36)56(45(37)31-34)46-25-13-14-28-52-46;/h1-29H;/q-2;+2. The van der Waals surface area contributed by atoms with Gasteiger partial charge in [0.05, 0.1) is 28.0 Å². The number of imidazole rings is 1. The van der Waals surface area contributed by atoms with E-state index in [-0.39, 0.29) is 21.1 Å². The largest absolute Gasteiger partial charge is 2.00 e. The van der Waals surface area contributed by atoms with Crippen LogP contribution < -0.4 is 4.74 Å². The number of furan rings is 1. The van der Waals surface area contributed by atoms with Gasteiger partial charge in [-0.3, -0.25) is 4.98 Å². The third-order valence-electron chi connectivity index (χ3n) is 10.8. The Balaban J connectivity index is 0.00000397. The molecule has 280 valence electrons. The van der Waals surface area contributed by atoms with Crippen molar-refractivity contribution < 1.29 is 30.2 Å². The number of fused-ring (bicyclic) bond motifs is 9. The summed E-state index contributed by atoms with van der Waals surface area (Å²) in [5, 5.41) is 4.95. The Hall–Kier alpha value is -7.34. The molecular formula is C51H29N5O2Pt. The van der Waals surface area contributed by atoms with Crippen LogP contribution in [0.4, 0.5) is 0 Å². The van der Waals surface area contributed by atoms with Gasteiger partial charge in [-0.25, -0.2) is 9.97 Å². The molecule has 0 spiro atoms. The predicted molar refractivity (Wildman–Crippen MR) is 231 cm³/mol. The van der Waals surface area contributed by atoms with E-state index in [4.69, 9.17) is 24.1 Å². The van der Waals surface area contributed by atoms with Crippen molar-refractivity contribution in [2.45, 2.75) is 0 Å². The van der Waals surface area contributed by atoms with E-state index in [1.54, 1.807) is 0 Å². The zero-order valence-corrected chi connectivity index (χ0v) is 33.4. The van der Waals surface area contributed by atoms with Crippen LogP contribution in [0.15, 0.2) is 180 Å². The maximum absolute atomic E-state index is 7.06. The summed E-state index contributed by atoms with van der Waals surface area (Å²) in [6.07, 6.45) is 1.81. The SMILES string of the molecule is [Pt+2].[c-]1c(Oc2[c-]c3c(cc2)c2ccccc2n3-c2ccccn2)cc2c(oc3c(-c4ccccc4)nc4ccccc4c32)c1-c1nc2ccccc2n1-c1ccccc1. The smallest absolute Gasteiger partial charge is 0.503 e. The quantitative estimate of drug-likeness (QED) is 0.155. The second-order valence-electron chi connectivity index (χ2n) is 14.2. The van der Waals surface area contributed by atoms with Gasteiger partial charge in [-0.05, 0) is 53.9 Å². The predicted octanol–water partition coefficient (Wildman–Crippen LogP) is 12.7. The van der Waals surface area contributed by atoms with Crippen LogP contribution in [0.1, 0.15) is 0 Å². The zero-order valence-electron chi connectivity index (χ0n) is 31.1. The number of hydrogen-bond acceptors (Lipinski definition) is 5. The molecule has 0 saturated heterocycles. The van der Waals surface area contributed by atoms with Crippen LogP contribution in [-0.4, -0.2) is 24.1 Å². The van der Waals surface area contributed by atoms with E-state index in [2.05, 4.69) is 81.9 Å². The molecule has 0 N–H and O–H groups in total. The fourth-order valence-corrected chi connectivity index (χ4v) is 8.31. The molecule has 8 heteroatoms. The number of ether oxygens (including phenoxy) is 1. The summed E-state index contributed by atoms with van der Waals surface area (Å²) in [7, 11) is 0. The van der Waals surface area contributed by atoms with Gasteiger partial charge in [0.25, 0.3) is 0 Å². The Morgan fingerprint density at radius 1 is 0.525 bits per heavy atom. The molecule has 0 bridgehead atoms. The van der Waals surface area contributed by atoms with Gasteiger partial charge in [0, 0.05) is 45.2 Å². The molecule has 12 rings (SSSR count). The number of nitrogens with zero attached hydrogens (tertiary/aromatic N) is 5. The van der Waals surface area contributed by atoms with Gasteiger partial charge in [-0.2, -0.15) is 6.07 Å². The molecule has 0 amide bonds. The number of para-hydroxylation sites is 5. The Morgan fingerprint density at radius 3 is 2.05 bits per heavy atom. The minimum Gasteiger partial charge on any atom is -0.503 e. The second-order valence-corrected chi connectivity index (χ2v) is 14.2. The Kier molecular flexibility index (Phi) is 8.24. The molecule has 7 aromatic carbocycles. The third-order valence-corrected chi connectivity index (χ3v) is 10.8. The maximum atomic E-state index is 7.06. The fourth-order valence-electron chi connectivity index (χ4n) is 8.31. The number of hydrogen-bond donors (Lipinski definition) is 0. The van der Waals surface area contributed by atoms with Crippen molar-refractivity contribution >= 4 is 65.7 Å². The van der Waals surface area contributed by atoms with Gasteiger partial charge < -0.3 is 18.3 Å². The summed E-state index contributed by atoms with van der Waals surface area (Å²) in [5.41, 5.74) is 9.26. The summed E-state index contributed by atoms with van der Waals surface area (Å²) in [6.45, 7) is 0. The third kappa shape index (κ3) is 5.58. The van der Waals surface area contributed by atoms with Crippen LogP contribution in [0, 0.1) is 12.1 Å². The summed E-state index contributed by atoms with van der Waals surface area (Å²) in [6, 6.07) is 64.4. The second kappa shape index (κ2) is 13.9. The molecule has 0 saturated carbocycles. The van der Waals surface area contributed by atoms with Crippen LogP contribution in [0.25, 0.3) is 99.8 Å². The van der Waals surface area contributed by atoms with E-state index in [0.717, 1.165) is 77.3 Å². The molecule has 5 heterocycles. The van der Waals surface area contributed by atoms with Crippen molar-refractivity contribution in [1.29, 1.82) is 0 Å². The molecule has 0 aliphatic rings. The first-order valence-corrected chi connectivity index (χ1v) is 19.1. The number of benzene rings is 7. The average molecular weight is 939 g/mol. The zero-order chi connectivity index (χ0) is 38.2. The minimum absolute atomic E-state index is 0. The summed E-state index contributed by atoms with van der Waals surface area (Å²) in [4.78, 5) is 15.2. The van der Waals surface area contributed by atoms with E-state index >= 15 is 0 Å². The number of rotatable bonds is 6. The maximum Gasteiger partial charge on any atom is 2.00 e. The molecule has 0 aliphatic heterocycles. The molecule has 59 heavy (non-hydrogen) atoms. The molecule has 0 atom stereocenters. The van der Waals surface area contributed by atoms with Crippen molar-refractivity contribution in [3.63, 3.8) is 0 Å². The van der Waals surface area contributed by atoms with E-state index in [1.165, 1.54) is 0 Å². The van der Waals surface area contributed by atoms with Gasteiger partial charge in [0.15, 0.2) is 0 Å². The van der Waals surface area contributed by atoms with Gasteiger partial charge >= 0.3 is 21.1 Å². The topological polar surface area (TPSA) is 70.9 Å². The first-order chi connectivity index (χ1) is 28.8. The Morgan fingerprint density at radius 2 is 1.24 bits per heavy atom. The molecule has 7 nitrogen and oxygen atoms in total. The van der Waals surface area contributed by atoms with Crippen LogP contribution >= 0.6 is 0 Å². The van der Waals surface area contributed by atoms with Crippen molar-refractivity contribution in [2.75, 3.05) is 0 Å². The monoisotopic (exact) mass is 938 g/mol. The first kappa shape index (κ1) is 34.9. The van der Waals surface area contributed by atoms with Crippen LogP contribution in [0.2, 0.25) is 0 Å². The van der Waals surface area contributed by atoms with Crippen molar-refractivity contribution in [3.8, 4) is 45.6 Å². The summed E-state index contributed by atoms with van der Waals surface area (Å²) in [5.74, 6) is 2.51. The molecule has 0 aliphatic carbocycles. The van der Waals surface area contributed by atoms with Gasteiger partial charge in [0.1, 0.15) is 17.1 Å². The number of pyridine rings is 2. The van der Waals surface area contributed by atoms with E-state index in [9.17, 15) is 0 Å². The minimum atomic E-state index is 0. The summed E-state index contributed by atoms with van der Waals surface area (Å²) >= 11 is 0. The van der Waals surface area contributed by atoms with Crippen molar-refractivity contribution in [3.05, 3.63) is 188 Å². The summed E-state index contributed by atoms with van der Waals surface area (Å²) < 4.78 is 18.2. The molecule has 0 radical (unpaired) electrons. The Bertz CT molecular complexity index is 3540. The van der Waals surface area contributed by atoms with Gasteiger partial charge in [0.2, 0.25) is 0 Å². The fraction of sp³-hybridized carbons (Fsp3) is 0. The molecule has 12 aromatic rings. The first-order valence-electron chi connectivity index (χ1n) is 19.1. The molecule has 0 unspecified atom stereocenters. The van der Waals surface area contributed by atoms with Crippen molar-refractivity contribution in [2.24, 2.45) is 0 Å². The van der Waals surface area contributed by atoms with Crippen LogP contribution in [-0.2, 0) is 21.1 Å². The average Bonchev–Trinajstić information content (AvgIpc) is 3.97. The van der Waals surface area contributed by atoms with Gasteiger partial charge in [-0.1, -0.05) is 132 Å². The molecule has 5 aromatic heterocycles. The number of aromatic nitrogens is 5.